The molecule has 0 saturated heterocycles. The summed E-state index contributed by atoms with van der Waals surface area (Å²) >= 11 is 0. The second kappa shape index (κ2) is 10.6. The number of hydrogen-bond donors (Lipinski definition) is 2. The summed E-state index contributed by atoms with van der Waals surface area (Å²) in [6.07, 6.45) is -2.42. The van der Waals surface area contributed by atoms with Crippen molar-refractivity contribution >= 4 is 17.2 Å². The smallest absolute Gasteiger partial charge is 0.392 e. The quantitative estimate of drug-likeness (QED) is 0.243. The highest BCUT2D eigenvalue weighted by atomic mass is 19.4. The number of aliphatic hydroxyl groups is 1. The van der Waals surface area contributed by atoms with Gasteiger partial charge in [0.1, 0.15) is 0 Å². The molecule has 10 heteroatoms. The number of carbonyl (C=O) groups is 1. The van der Waals surface area contributed by atoms with E-state index in [1.165, 1.54) is 54.9 Å². The molecule has 182 valence electrons. The van der Waals surface area contributed by atoms with Crippen LogP contribution in [0.1, 0.15) is 27.8 Å². The van der Waals surface area contributed by atoms with Crippen LogP contribution in [0.3, 0.4) is 0 Å². The third-order valence-electron chi connectivity index (χ3n) is 4.80. The molecule has 0 fully saturated rings. The number of alkyl halides is 6. The number of nitrogens with zero attached hydrogens (tertiary/aromatic N) is 1. The number of carbonyl (C=O) groups excluding carboxylic acids is 1. The lowest BCUT2D eigenvalue weighted by atomic mass is 9.95. The summed E-state index contributed by atoms with van der Waals surface area (Å²) in [5.41, 5.74) is -0.00598. The van der Waals surface area contributed by atoms with Gasteiger partial charge < -0.3 is 10.4 Å². The lowest BCUT2D eigenvalue weighted by Crippen LogP contribution is -2.08. The van der Waals surface area contributed by atoms with Crippen LogP contribution in [0.2, 0.25) is 0 Å². The van der Waals surface area contributed by atoms with Crippen LogP contribution in [0.4, 0.5) is 32.0 Å². The van der Waals surface area contributed by atoms with Gasteiger partial charge >= 0.3 is 12.4 Å². The molecule has 0 bridgehead atoms. The van der Waals surface area contributed by atoms with E-state index >= 15 is 0 Å². The fraction of sp³-hybridized carbons (Fsp3) is 0.120. The van der Waals surface area contributed by atoms with Crippen molar-refractivity contribution in [2.75, 3.05) is 5.32 Å². The van der Waals surface area contributed by atoms with Crippen LogP contribution in [0.5, 0.6) is 0 Å². The molecule has 1 aromatic heterocycles. The van der Waals surface area contributed by atoms with E-state index in [1.807, 2.05) is 0 Å². The van der Waals surface area contributed by atoms with Crippen molar-refractivity contribution in [2.45, 2.75) is 19.0 Å². The molecule has 0 atom stereocenters. The van der Waals surface area contributed by atoms with Crippen LogP contribution in [-0.2, 0) is 23.8 Å². The van der Waals surface area contributed by atoms with Gasteiger partial charge in [-0.05, 0) is 52.6 Å². The normalized spacial score (nSPS) is 12.0. The molecule has 35 heavy (non-hydrogen) atoms. The van der Waals surface area contributed by atoms with E-state index in [9.17, 15) is 31.1 Å². The molecular weight excluding hydrogens is 474 g/mol. The van der Waals surface area contributed by atoms with Gasteiger partial charge in [0, 0.05) is 12.3 Å². The Hall–Kier alpha value is -3.92. The van der Waals surface area contributed by atoms with Gasteiger partial charge in [0.15, 0.2) is 0 Å². The zero-order valence-electron chi connectivity index (χ0n) is 17.9. The number of hydrogen-bond acceptors (Lipinski definition) is 3. The second-order valence-corrected chi connectivity index (χ2v) is 7.32. The van der Waals surface area contributed by atoms with Crippen molar-refractivity contribution in [3.63, 3.8) is 0 Å². The SMILES string of the molecule is O=C(/C=C/C=C(c1ccc(C(F)(F)F)cc1)c1ccc(C(F)(F)F)cc1)Nc1cncc(CO)c1. The third kappa shape index (κ3) is 7.03. The van der Waals surface area contributed by atoms with Crippen LogP contribution in [0.15, 0.2) is 85.2 Å². The molecule has 2 N–H and O–H groups in total. The topological polar surface area (TPSA) is 62.2 Å². The average Bonchev–Trinajstić information content (AvgIpc) is 2.81. The first-order valence-corrected chi connectivity index (χ1v) is 10.1. The van der Waals surface area contributed by atoms with Crippen molar-refractivity contribution in [3.8, 4) is 0 Å². The van der Waals surface area contributed by atoms with Gasteiger partial charge in [0.05, 0.1) is 29.6 Å². The van der Waals surface area contributed by atoms with Crippen molar-refractivity contribution < 1.29 is 36.2 Å². The molecule has 0 saturated carbocycles. The molecule has 0 aliphatic rings. The number of allylic oxidation sites excluding steroid dienone is 2. The van der Waals surface area contributed by atoms with E-state index in [-0.39, 0.29) is 6.61 Å². The maximum absolute atomic E-state index is 12.9. The summed E-state index contributed by atoms with van der Waals surface area (Å²) in [5, 5.41) is 11.7. The molecule has 0 spiro atoms. The van der Waals surface area contributed by atoms with E-state index in [4.69, 9.17) is 5.11 Å². The molecule has 0 aliphatic carbocycles. The van der Waals surface area contributed by atoms with E-state index in [0.717, 1.165) is 30.3 Å². The first-order valence-electron chi connectivity index (χ1n) is 10.1. The Kier molecular flexibility index (Phi) is 7.75. The number of nitrogens with one attached hydrogen (secondary N) is 1. The first kappa shape index (κ1) is 25.7. The molecule has 1 heterocycles. The number of anilines is 1. The van der Waals surface area contributed by atoms with Crippen LogP contribution in [0, 0.1) is 0 Å². The summed E-state index contributed by atoms with van der Waals surface area (Å²) in [7, 11) is 0. The number of aliphatic hydroxyl groups excluding tert-OH is 1. The monoisotopic (exact) mass is 492 g/mol. The lowest BCUT2D eigenvalue weighted by molar-refractivity contribution is -0.138. The van der Waals surface area contributed by atoms with Gasteiger partial charge in [-0.1, -0.05) is 36.4 Å². The molecule has 0 radical (unpaired) electrons. The highest BCUT2D eigenvalue weighted by Gasteiger charge is 2.31. The van der Waals surface area contributed by atoms with Crippen molar-refractivity contribution in [1.82, 2.24) is 4.98 Å². The minimum absolute atomic E-state index is 0.265. The van der Waals surface area contributed by atoms with Gasteiger partial charge in [-0.15, -0.1) is 0 Å². The predicted molar refractivity (Wildman–Crippen MR) is 118 cm³/mol. The Labute approximate surface area is 196 Å². The number of halogens is 6. The Balaban J connectivity index is 1.90. The summed E-state index contributed by atoms with van der Waals surface area (Å²) in [5.74, 6) is -0.558. The second-order valence-electron chi connectivity index (χ2n) is 7.32. The summed E-state index contributed by atoms with van der Waals surface area (Å²) in [6.45, 7) is -0.265. The maximum atomic E-state index is 12.9. The first-order chi connectivity index (χ1) is 16.5. The molecule has 2 aromatic carbocycles. The Morgan fingerprint density at radius 2 is 1.37 bits per heavy atom. The zero-order chi connectivity index (χ0) is 25.6. The predicted octanol–water partition coefficient (Wildman–Crippen LogP) is 6.24. The summed E-state index contributed by atoms with van der Waals surface area (Å²) in [4.78, 5) is 16.1. The lowest BCUT2D eigenvalue weighted by Gasteiger charge is -2.12. The molecule has 0 aliphatic heterocycles. The zero-order valence-corrected chi connectivity index (χ0v) is 17.9. The molecule has 3 aromatic rings. The third-order valence-corrected chi connectivity index (χ3v) is 4.80. The number of pyridine rings is 1. The van der Waals surface area contributed by atoms with Gasteiger partial charge in [-0.25, -0.2) is 0 Å². The highest BCUT2D eigenvalue weighted by molar-refractivity contribution is 5.99. The molecular formula is C25H18F6N2O2. The van der Waals surface area contributed by atoms with Gasteiger partial charge in [0.25, 0.3) is 0 Å². The fourth-order valence-corrected chi connectivity index (χ4v) is 3.09. The van der Waals surface area contributed by atoms with E-state index in [2.05, 4.69) is 10.3 Å². The Bertz CT molecular complexity index is 1170. The van der Waals surface area contributed by atoms with Crippen LogP contribution < -0.4 is 5.32 Å². The Morgan fingerprint density at radius 1 is 0.857 bits per heavy atom. The number of amides is 1. The number of benzene rings is 2. The van der Waals surface area contributed by atoms with Crippen LogP contribution in [-0.4, -0.2) is 16.0 Å². The Morgan fingerprint density at radius 3 is 1.83 bits per heavy atom. The van der Waals surface area contributed by atoms with Gasteiger partial charge in [-0.3, -0.25) is 9.78 Å². The van der Waals surface area contributed by atoms with E-state index in [1.54, 1.807) is 0 Å². The van der Waals surface area contributed by atoms with E-state index < -0.39 is 29.4 Å². The maximum Gasteiger partial charge on any atom is 0.416 e. The fourth-order valence-electron chi connectivity index (χ4n) is 3.09. The summed E-state index contributed by atoms with van der Waals surface area (Å²) in [6, 6.07) is 9.78. The standard InChI is InChI=1S/C25H18F6N2O2/c26-24(27,28)19-8-4-17(5-9-19)22(18-6-10-20(11-7-18)25(29,30)31)2-1-3-23(35)33-21-12-16(15-34)13-32-14-21/h1-14,34H,15H2,(H,33,35)/b3-1+. The van der Waals surface area contributed by atoms with Gasteiger partial charge in [0.2, 0.25) is 5.91 Å². The molecule has 4 nitrogen and oxygen atoms in total. The molecule has 1 amide bonds. The molecule has 0 unspecified atom stereocenters. The van der Waals surface area contributed by atoms with Crippen molar-refractivity contribution in [1.29, 1.82) is 0 Å². The summed E-state index contributed by atoms with van der Waals surface area (Å²) < 4.78 is 77.5. The average molecular weight is 492 g/mol. The van der Waals surface area contributed by atoms with E-state index in [0.29, 0.717) is 28.0 Å². The van der Waals surface area contributed by atoms with Crippen LogP contribution >= 0.6 is 0 Å². The number of rotatable bonds is 6. The van der Waals surface area contributed by atoms with Crippen LogP contribution in [0.25, 0.3) is 5.57 Å². The minimum Gasteiger partial charge on any atom is -0.392 e. The minimum atomic E-state index is -4.54. The van der Waals surface area contributed by atoms with Crippen molar-refractivity contribution in [2.24, 2.45) is 0 Å². The number of aromatic nitrogens is 1. The largest absolute Gasteiger partial charge is 0.416 e. The van der Waals surface area contributed by atoms with Gasteiger partial charge in [-0.2, -0.15) is 26.3 Å². The highest BCUT2D eigenvalue weighted by Crippen LogP contribution is 2.33. The molecule has 3 rings (SSSR count). The van der Waals surface area contributed by atoms with Crippen molar-refractivity contribution in [3.05, 3.63) is 113 Å².